The average Bonchev–Trinajstić information content (AvgIpc) is 2.21. The highest BCUT2D eigenvalue weighted by atomic mass is 19.1. The number of hydrogen-bond donors (Lipinski definition) is 1. The third-order valence-corrected chi connectivity index (χ3v) is 2.20. The molecule has 1 rings (SSSR count). The molecule has 1 atom stereocenters. The topological polar surface area (TPSA) is 21.3 Å². The van der Waals surface area contributed by atoms with Crippen LogP contribution in [0.4, 0.5) is 4.39 Å². The second-order valence-electron chi connectivity index (χ2n) is 3.53. The summed E-state index contributed by atoms with van der Waals surface area (Å²) in [6.45, 7) is 5.64. The van der Waals surface area contributed by atoms with E-state index >= 15 is 0 Å². The maximum atomic E-state index is 13.1. The molecule has 1 aromatic carbocycles. The number of rotatable bonds is 6. The summed E-state index contributed by atoms with van der Waals surface area (Å²) in [6.07, 6.45) is 0.877. The van der Waals surface area contributed by atoms with E-state index in [9.17, 15) is 4.39 Å². The lowest BCUT2D eigenvalue weighted by atomic mass is 10.2. The first-order valence-electron chi connectivity index (χ1n) is 5.34. The van der Waals surface area contributed by atoms with Crippen LogP contribution in [0.25, 0.3) is 0 Å². The van der Waals surface area contributed by atoms with Crippen molar-refractivity contribution in [2.24, 2.45) is 0 Å². The van der Waals surface area contributed by atoms with Crippen molar-refractivity contribution < 1.29 is 9.13 Å². The molecule has 0 amide bonds. The van der Waals surface area contributed by atoms with E-state index in [4.69, 9.17) is 4.74 Å². The molecule has 0 heterocycles. The van der Waals surface area contributed by atoms with E-state index in [-0.39, 0.29) is 5.82 Å². The Bertz CT molecular complexity index is 291. The van der Waals surface area contributed by atoms with Crippen molar-refractivity contribution >= 4 is 0 Å². The molecule has 0 aliphatic rings. The Labute approximate surface area is 90.4 Å². The van der Waals surface area contributed by atoms with Crippen molar-refractivity contribution in [3.63, 3.8) is 0 Å². The van der Waals surface area contributed by atoms with E-state index in [1.165, 1.54) is 6.07 Å². The van der Waals surface area contributed by atoms with Crippen LogP contribution in [0.15, 0.2) is 24.3 Å². The van der Waals surface area contributed by atoms with Gasteiger partial charge in [-0.15, -0.1) is 0 Å². The van der Waals surface area contributed by atoms with Crippen LogP contribution in [-0.4, -0.2) is 19.2 Å². The summed E-state index contributed by atoms with van der Waals surface area (Å²) in [5, 5.41) is 3.27. The lowest BCUT2D eigenvalue weighted by Gasteiger charge is -2.12. The highest BCUT2D eigenvalue weighted by Crippen LogP contribution is 2.15. The summed E-state index contributed by atoms with van der Waals surface area (Å²) in [4.78, 5) is 0. The molecule has 0 saturated carbocycles. The zero-order chi connectivity index (χ0) is 11.1. The van der Waals surface area contributed by atoms with Crippen LogP contribution in [0.5, 0.6) is 5.75 Å². The van der Waals surface area contributed by atoms with Gasteiger partial charge < -0.3 is 10.1 Å². The quantitative estimate of drug-likeness (QED) is 0.781. The molecule has 0 aliphatic carbocycles. The van der Waals surface area contributed by atoms with Crippen LogP contribution in [-0.2, 0) is 0 Å². The van der Waals surface area contributed by atoms with E-state index < -0.39 is 0 Å². The molecule has 2 nitrogen and oxygen atoms in total. The minimum atomic E-state index is -0.298. The number of hydrogen-bond acceptors (Lipinski definition) is 2. The van der Waals surface area contributed by atoms with E-state index in [1.807, 2.05) is 0 Å². The summed E-state index contributed by atoms with van der Waals surface area (Å²) < 4.78 is 18.5. The molecule has 15 heavy (non-hydrogen) atoms. The van der Waals surface area contributed by atoms with Crippen LogP contribution < -0.4 is 10.1 Å². The van der Waals surface area contributed by atoms with Gasteiger partial charge in [-0.05, 0) is 32.0 Å². The molecule has 0 spiro atoms. The van der Waals surface area contributed by atoms with Gasteiger partial charge in [0.2, 0.25) is 0 Å². The second kappa shape index (κ2) is 6.40. The standard InChI is InChI=1S/C12H18FNO/c1-3-14-10(2)8-9-15-12-7-5-4-6-11(12)13/h4-7,10,14H,3,8-9H2,1-2H3. The smallest absolute Gasteiger partial charge is 0.165 e. The van der Waals surface area contributed by atoms with E-state index in [0.717, 1.165) is 13.0 Å². The SMILES string of the molecule is CCNC(C)CCOc1ccccc1F. The van der Waals surface area contributed by atoms with Gasteiger partial charge in [0, 0.05) is 6.04 Å². The van der Waals surface area contributed by atoms with Crippen molar-refractivity contribution in [2.75, 3.05) is 13.2 Å². The van der Waals surface area contributed by atoms with Crippen molar-refractivity contribution in [1.29, 1.82) is 0 Å². The first kappa shape index (κ1) is 12.0. The summed E-state index contributed by atoms with van der Waals surface area (Å²) >= 11 is 0. The summed E-state index contributed by atoms with van der Waals surface area (Å²) in [6, 6.07) is 6.88. The monoisotopic (exact) mass is 211 g/mol. The van der Waals surface area contributed by atoms with E-state index in [1.54, 1.807) is 18.2 Å². The summed E-state index contributed by atoms with van der Waals surface area (Å²) in [7, 11) is 0. The number of halogens is 1. The minimum absolute atomic E-state index is 0.298. The molecule has 0 bridgehead atoms. The molecule has 0 saturated heterocycles. The predicted octanol–water partition coefficient (Wildman–Crippen LogP) is 2.59. The first-order valence-corrected chi connectivity index (χ1v) is 5.34. The van der Waals surface area contributed by atoms with Crippen molar-refractivity contribution in [2.45, 2.75) is 26.3 Å². The van der Waals surface area contributed by atoms with Gasteiger partial charge in [0.05, 0.1) is 6.61 Å². The van der Waals surface area contributed by atoms with E-state index in [2.05, 4.69) is 19.2 Å². The van der Waals surface area contributed by atoms with Gasteiger partial charge in [0.25, 0.3) is 0 Å². The van der Waals surface area contributed by atoms with Gasteiger partial charge in [0.15, 0.2) is 11.6 Å². The molecule has 0 aromatic heterocycles. The van der Waals surface area contributed by atoms with Crippen molar-refractivity contribution in [1.82, 2.24) is 5.32 Å². The highest BCUT2D eigenvalue weighted by Gasteiger charge is 2.03. The Morgan fingerprint density at radius 2 is 2.13 bits per heavy atom. The van der Waals surface area contributed by atoms with Gasteiger partial charge in [0.1, 0.15) is 0 Å². The minimum Gasteiger partial charge on any atom is -0.490 e. The molecule has 0 aliphatic heterocycles. The highest BCUT2D eigenvalue weighted by molar-refractivity contribution is 5.23. The fourth-order valence-electron chi connectivity index (χ4n) is 1.36. The van der Waals surface area contributed by atoms with Crippen LogP contribution in [0.1, 0.15) is 20.3 Å². The third kappa shape index (κ3) is 4.30. The fourth-order valence-corrected chi connectivity index (χ4v) is 1.36. The lowest BCUT2D eigenvalue weighted by molar-refractivity contribution is 0.278. The number of ether oxygens (including phenoxy) is 1. The van der Waals surface area contributed by atoms with Gasteiger partial charge in [-0.3, -0.25) is 0 Å². The Hall–Kier alpha value is -1.09. The molecule has 1 unspecified atom stereocenters. The largest absolute Gasteiger partial charge is 0.490 e. The van der Waals surface area contributed by atoms with Gasteiger partial charge in [-0.25, -0.2) is 4.39 Å². The number of para-hydroxylation sites is 1. The Balaban J connectivity index is 2.29. The number of nitrogens with one attached hydrogen (secondary N) is 1. The molecule has 1 N–H and O–H groups in total. The van der Waals surface area contributed by atoms with Crippen LogP contribution in [0.2, 0.25) is 0 Å². The third-order valence-electron chi connectivity index (χ3n) is 2.20. The van der Waals surface area contributed by atoms with Crippen LogP contribution in [0.3, 0.4) is 0 Å². The zero-order valence-corrected chi connectivity index (χ0v) is 9.29. The van der Waals surface area contributed by atoms with Crippen molar-refractivity contribution in [3.05, 3.63) is 30.1 Å². The predicted molar refractivity (Wildman–Crippen MR) is 59.7 cm³/mol. The summed E-state index contributed by atoms with van der Waals surface area (Å²) in [5.41, 5.74) is 0. The van der Waals surface area contributed by atoms with Gasteiger partial charge >= 0.3 is 0 Å². The molecular formula is C12H18FNO. The lowest BCUT2D eigenvalue weighted by Crippen LogP contribution is -2.27. The normalized spacial score (nSPS) is 12.5. The maximum Gasteiger partial charge on any atom is 0.165 e. The Kier molecular flexibility index (Phi) is 5.12. The van der Waals surface area contributed by atoms with Crippen molar-refractivity contribution in [3.8, 4) is 5.75 Å². The molecule has 84 valence electrons. The van der Waals surface area contributed by atoms with Gasteiger partial charge in [-0.2, -0.15) is 0 Å². The molecule has 0 fully saturated rings. The van der Waals surface area contributed by atoms with Crippen LogP contribution >= 0.6 is 0 Å². The fraction of sp³-hybridized carbons (Fsp3) is 0.500. The molecule has 1 aromatic rings. The van der Waals surface area contributed by atoms with Gasteiger partial charge in [-0.1, -0.05) is 19.1 Å². The Morgan fingerprint density at radius 1 is 1.40 bits per heavy atom. The summed E-state index contributed by atoms with van der Waals surface area (Å²) in [5.74, 6) is 0.0369. The Morgan fingerprint density at radius 3 is 2.80 bits per heavy atom. The zero-order valence-electron chi connectivity index (χ0n) is 9.29. The second-order valence-corrected chi connectivity index (χ2v) is 3.53. The van der Waals surface area contributed by atoms with E-state index in [0.29, 0.717) is 18.4 Å². The maximum absolute atomic E-state index is 13.1. The first-order chi connectivity index (χ1) is 7.24. The average molecular weight is 211 g/mol. The molecular weight excluding hydrogens is 193 g/mol. The molecule has 3 heteroatoms. The van der Waals surface area contributed by atoms with Crippen LogP contribution in [0, 0.1) is 5.82 Å². The molecule has 0 radical (unpaired) electrons. The number of benzene rings is 1.